The summed E-state index contributed by atoms with van der Waals surface area (Å²) in [5, 5.41) is 5.30. The lowest BCUT2D eigenvalue weighted by atomic mass is 10.2. The van der Waals surface area contributed by atoms with E-state index < -0.39 is 0 Å². The molecule has 1 saturated heterocycles. The highest BCUT2D eigenvalue weighted by Gasteiger charge is 2.27. The van der Waals surface area contributed by atoms with Gasteiger partial charge in [-0.2, -0.15) is 0 Å². The first-order valence-corrected chi connectivity index (χ1v) is 4.43. The molecule has 0 saturated carbocycles. The van der Waals surface area contributed by atoms with Crippen molar-refractivity contribution in [1.29, 1.82) is 0 Å². The van der Waals surface area contributed by atoms with Crippen LogP contribution in [0, 0.1) is 0 Å². The van der Waals surface area contributed by atoms with Crippen molar-refractivity contribution in [3.63, 3.8) is 0 Å². The average Bonchev–Trinajstić information content (AvgIpc) is 2.51. The van der Waals surface area contributed by atoms with Gasteiger partial charge in [-0.1, -0.05) is 0 Å². The fraction of sp³-hybridized carbons (Fsp3) is 0.750. The van der Waals surface area contributed by atoms with Gasteiger partial charge in [0.25, 0.3) is 0 Å². The molecule has 5 heteroatoms. The molecule has 1 aliphatic heterocycles. The number of nitrogens with two attached hydrogens (primary N) is 1. The second kappa shape index (κ2) is 4.23. The second-order valence-electron chi connectivity index (χ2n) is 3.30. The largest absolute Gasteiger partial charge is 0.351 e. The molecule has 0 aliphatic carbocycles. The van der Waals surface area contributed by atoms with E-state index in [2.05, 4.69) is 10.6 Å². The van der Waals surface area contributed by atoms with Crippen LogP contribution in [-0.4, -0.2) is 30.4 Å². The SMILES string of the molecule is CC(CN)NC(=O)C1CCC(=O)N1. The molecule has 0 aromatic carbocycles. The van der Waals surface area contributed by atoms with E-state index in [0.29, 0.717) is 19.4 Å². The zero-order valence-corrected chi connectivity index (χ0v) is 7.67. The van der Waals surface area contributed by atoms with E-state index in [1.54, 1.807) is 0 Å². The molecule has 2 amide bonds. The third-order valence-electron chi connectivity index (χ3n) is 2.05. The fourth-order valence-electron chi connectivity index (χ4n) is 1.21. The monoisotopic (exact) mass is 185 g/mol. The van der Waals surface area contributed by atoms with Crippen LogP contribution in [0.25, 0.3) is 0 Å². The molecule has 0 aromatic rings. The van der Waals surface area contributed by atoms with Gasteiger partial charge in [-0.15, -0.1) is 0 Å². The number of hydrogen-bond acceptors (Lipinski definition) is 3. The third-order valence-corrected chi connectivity index (χ3v) is 2.05. The predicted molar refractivity (Wildman–Crippen MR) is 47.8 cm³/mol. The molecule has 13 heavy (non-hydrogen) atoms. The Bertz CT molecular complexity index is 217. The normalized spacial score (nSPS) is 23.8. The molecule has 0 bridgehead atoms. The van der Waals surface area contributed by atoms with Crippen LogP contribution in [-0.2, 0) is 9.59 Å². The van der Waals surface area contributed by atoms with Crippen LogP contribution in [0.15, 0.2) is 0 Å². The van der Waals surface area contributed by atoms with Gasteiger partial charge in [-0.25, -0.2) is 0 Å². The molecule has 2 unspecified atom stereocenters. The summed E-state index contributed by atoms with van der Waals surface area (Å²) in [6.45, 7) is 2.24. The van der Waals surface area contributed by atoms with Gasteiger partial charge in [-0.05, 0) is 13.3 Å². The summed E-state index contributed by atoms with van der Waals surface area (Å²) in [7, 11) is 0. The fourth-order valence-corrected chi connectivity index (χ4v) is 1.21. The van der Waals surface area contributed by atoms with Crippen LogP contribution in [0.4, 0.5) is 0 Å². The van der Waals surface area contributed by atoms with Gasteiger partial charge in [0.15, 0.2) is 0 Å². The second-order valence-corrected chi connectivity index (χ2v) is 3.30. The van der Waals surface area contributed by atoms with Crippen LogP contribution in [0.1, 0.15) is 19.8 Å². The van der Waals surface area contributed by atoms with Crippen molar-refractivity contribution in [3.8, 4) is 0 Å². The number of nitrogens with one attached hydrogen (secondary N) is 2. The summed E-state index contributed by atoms with van der Waals surface area (Å²) in [5.41, 5.74) is 5.34. The molecule has 1 heterocycles. The minimum absolute atomic E-state index is 0.0370. The van der Waals surface area contributed by atoms with E-state index in [9.17, 15) is 9.59 Å². The van der Waals surface area contributed by atoms with E-state index in [0.717, 1.165) is 0 Å². The van der Waals surface area contributed by atoms with Crippen molar-refractivity contribution >= 4 is 11.8 Å². The molecule has 0 spiro atoms. The zero-order chi connectivity index (χ0) is 9.84. The van der Waals surface area contributed by atoms with Crippen LogP contribution in [0.3, 0.4) is 0 Å². The Kier molecular flexibility index (Phi) is 3.25. The van der Waals surface area contributed by atoms with Crippen LogP contribution < -0.4 is 16.4 Å². The zero-order valence-electron chi connectivity index (χ0n) is 7.67. The van der Waals surface area contributed by atoms with Crippen molar-refractivity contribution in [1.82, 2.24) is 10.6 Å². The van der Waals surface area contributed by atoms with Crippen LogP contribution >= 0.6 is 0 Å². The van der Waals surface area contributed by atoms with Gasteiger partial charge in [-0.3, -0.25) is 9.59 Å². The molecule has 5 nitrogen and oxygen atoms in total. The minimum atomic E-state index is -0.360. The molecule has 74 valence electrons. The van der Waals surface area contributed by atoms with Crippen molar-refractivity contribution in [3.05, 3.63) is 0 Å². The van der Waals surface area contributed by atoms with E-state index in [4.69, 9.17) is 5.73 Å². The summed E-state index contributed by atoms with van der Waals surface area (Å²) in [6.07, 6.45) is 1.02. The number of hydrogen-bond donors (Lipinski definition) is 3. The van der Waals surface area contributed by atoms with Crippen molar-refractivity contribution in [2.75, 3.05) is 6.54 Å². The van der Waals surface area contributed by atoms with E-state index in [-0.39, 0.29) is 23.9 Å². The average molecular weight is 185 g/mol. The van der Waals surface area contributed by atoms with E-state index in [1.165, 1.54) is 0 Å². The summed E-state index contributed by atoms with van der Waals surface area (Å²) in [5.74, 6) is -0.190. The maximum absolute atomic E-state index is 11.4. The number of amides is 2. The van der Waals surface area contributed by atoms with Gasteiger partial charge in [0.1, 0.15) is 6.04 Å². The number of carbonyl (C=O) groups excluding carboxylic acids is 2. The topological polar surface area (TPSA) is 84.2 Å². The highest BCUT2D eigenvalue weighted by atomic mass is 16.2. The summed E-state index contributed by atoms with van der Waals surface area (Å²) >= 11 is 0. The van der Waals surface area contributed by atoms with Crippen LogP contribution in [0.2, 0.25) is 0 Å². The molecule has 1 fully saturated rings. The van der Waals surface area contributed by atoms with Gasteiger partial charge in [0.2, 0.25) is 11.8 Å². The quantitative estimate of drug-likeness (QED) is 0.512. The highest BCUT2D eigenvalue weighted by Crippen LogP contribution is 2.06. The van der Waals surface area contributed by atoms with E-state index in [1.807, 2.05) is 6.92 Å². The van der Waals surface area contributed by atoms with Crippen LogP contribution in [0.5, 0.6) is 0 Å². The summed E-state index contributed by atoms with van der Waals surface area (Å²) in [6, 6.07) is -0.397. The Morgan fingerprint density at radius 2 is 2.54 bits per heavy atom. The van der Waals surface area contributed by atoms with Crippen molar-refractivity contribution in [2.24, 2.45) is 5.73 Å². The Balaban J connectivity index is 2.35. The maximum atomic E-state index is 11.4. The predicted octanol–water partition coefficient (Wildman–Crippen LogP) is -1.27. The molecule has 0 radical (unpaired) electrons. The lowest BCUT2D eigenvalue weighted by Crippen LogP contribution is -2.47. The Labute approximate surface area is 77.1 Å². The van der Waals surface area contributed by atoms with E-state index >= 15 is 0 Å². The smallest absolute Gasteiger partial charge is 0.242 e. The first-order valence-electron chi connectivity index (χ1n) is 4.43. The molecular formula is C8H15N3O2. The lowest BCUT2D eigenvalue weighted by molar-refractivity contribution is -0.126. The minimum Gasteiger partial charge on any atom is -0.351 e. The van der Waals surface area contributed by atoms with Crippen molar-refractivity contribution < 1.29 is 9.59 Å². The molecule has 0 aromatic heterocycles. The Morgan fingerprint density at radius 1 is 1.85 bits per heavy atom. The maximum Gasteiger partial charge on any atom is 0.242 e. The van der Waals surface area contributed by atoms with Gasteiger partial charge >= 0.3 is 0 Å². The Hall–Kier alpha value is -1.10. The summed E-state index contributed by atoms with van der Waals surface area (Å²) < 4.78 is 0. The molecule has 2 atom stereocenters. The molecular weight excluding hydrogens is 170 g/mol. The molecule has 1 rings (SSSR count). The van der Waals surface area contributed by atoms with Gasteiger partial charge in [0, 0.05) is 19.0 Å². The number of carbonyl (C=O) groups is 2. The first-order chi connectivity index (χ1) is 6.13. The molecule has 1 aliphatic rings. The first kappa shape index (κ1) is 9.98. The lowest BCUT2D eigenvalue weighted by Gasteiger charge is -2.15. The standard InChI is InChI=1S/C8H15N3O2/c1-5(4-9)10-8(13)6-2-3-7(12)11-6/h5-6H,2-4,9H2,1H3,(H,10,13)(H,11,12). The van der Waals surface area contributed by atoms with Crippen molar-refractivity contribution in [2.45, 2.75) is 31.8 Å². The van der Waals surface area contributed by atoms with Gasteiger partial charge in [0.05, 0.1) is 0 Å². The summed E-state index contributed by atoms with van der Waals surface area (Å²) in [4.78, 5) is 22.2. The Morgan fingerprint density at radius 3 is 3.00 bits per heavy atom. The molecule has 4 N–H and O–H groups in total. The van der Waals surface area contributed by atoms with Gasteiger partial charge < -0.3 is 16.4 Å². The highest BCUT2D eigenvalue weighted by molar-refractivity contribution is 5.90. The number of rotatable bonds is 3. The third kappa shape index (κ3) is 2.69.